The van der Waals surface area contributed by atoms with Gasteiger partial charge in [-0.2, -0.15) is 0 Å². The van der Waals surface area contributed by atoms with Gasteiger partial charge in [0.15, 0.2) is 0 Å². The number of halogens is 3. The van der Waals surface area contributed by atoms with E-state index in [0.717, 1.165) is 0 Å². The Labute approximate surface area is 181 Å². The molecule has 8 heteroatoms. The monoisotopic (exact) mass is 447 g/mol. The number of amides is 1. The lowest BCUT2D eigenvalue weighted by atomic mass is 10.1. The van der Waals surface area contributed by atoms with E-state index in [-0.39, 0.29) is 34.3 Å². The number of fused-ring (bicyclic) bond motifs is 1. The van der Waals surface area contributed by atoms with E-state index in [1.807, 2.05) is 13.0 Å². The maximum absolute atomic E-state index is 14.4. The van der Waals surface area contributed by atoms with Crippen molar-refractivity contribution in [3.8, 4) is 0 Å². The van der Waals surface area contributed by atoms with Gasteiger partial charge in [0.25, 0.3) is 0 Å². The molecule has 2 heterocycles. The number of carbonyl (C=O) groups excluding carboxylic acids is 1. The second-order valence-corrected chi connectivity index (χ2v) is 8.48. The number of aromatic nitrogens is 1. The fourth-order valence-electron chi connectivity index (χ4n) is 3.31. The summed E-state index contributed by atoms with van der Waals surface area (Å²) >= 11 is 13.7. The number of hydrogen-bond acceptors (Lipinski definition) is 4. The lowest BCUT2D eigenvalue weighted by Crippen LogP contribution is -2.40. The Hall–Kier alpha value is -2.15. The van der Waals surface area contributed by atoms with E-state index in [1.165, 1.54) is 17.8 Å². The number of aliphatic imine (C=N–C) groups is 1. The molecule has 0 fully saturated rings. The number of rotatable bonds is 4. The Kier molecular flexibility index (Phi) is 5.76. The molecule has 0 saturated carbocycles. The highest BCUT2D eigenvalue weighted by molar-refractivity contribution is 8.13. The predicted molar refractivity (Wildman–Crippen MR) is 119 cm³/mol. The number of benzene rings is 2. The molecule has 0 saturated heterocycles. The number of thioether (sulfide) groups is 1. The minimum absolute atomic E-state index is 0.0934. The molecule has 4 nitrogen and oxygen atoms in total. The zero-order chi connectivity index (χ0) is 20.5. The Morgan fingerprint density at radius 1 is 1.24 bits per heavy atom. The van der Waals surface area contributed by atoms with Crippen LogP contribution in [0.1, 0.15) is 12.5 Å². The number of carbonyl (C=O) groups is 1. The van der Waals surface area contributed by atoms with Gasteiger partial charge < -0.3 is 4.90 Å². The highest BCUT2D eigenvalue weighted by Crippen LogP contribution is 2.32. The molecule has 3 aromatic rings. The molecular formula is C21H16Cl2FN3OS. The van der Waals surface area contributed by atoms with Gasteiger partial charge in [0.2, 0.25) is 5.91 Å². The highest BCUT2D eigenvalue weighted by Gasteiger charge is 2.33. The van der Waals surface area contributed by atoms with Crippen LogP contribution in [0.5, 0.6) is 0 Å². The first-order chi connectivity index (χ1) is 14.0. The molecular weight excluding hydrogens is 432 g/mol. The summed E-state index contributed by atoms with van der Waals surface area (Å²) in [5, 5.41) is 1.15. The third kappa shape index (κ3) is 3.97. The van der Waals surface area contributed by atoms with Gasteiger partial charge in [-0.25, -0.2) is 9.37 Å². The predicted octanol–water partition coefficient (Wildman–Crippen LogP) is 5.75. The van der Waals surface area contributed by atoms with Crippen LogP contribution in [0.3, 0.4) is 0 Å². The van der Waals surface area contributed by atoms with Gasteiger partial charge in [-0.3, -0.25) is 9.79 Å². The number of hydrogen-bond donors (Lipinski definition) is 0. The Morgan fingerprint density at radius 2 is 2.03 bits per heavy atom. The number of anilines is 1. The fourth-order valence-corrected chi connectivity index (χ4v) is 4.67. The van der Waals surface area contributed by atoms with Crippen molar-refractivity contribution in [2.75, 3.05) is 4.90 Å². The maximum Gasteiger partial charge on any atom is 0.243 e. The van der Waals surface area contributed by atoms with Gasteiger partial charge >= 0.3 is 0 Å². The van der Waals surface area contributed by atoms with E-state index in [4.69, 9.17) is 23.2 Å². The molecule has 0 bridgehead atoms. The van der Waals surface area contributed by atoms with Crippen LogP contribution in [-0.4, -0.2) is 27.7 Å². The van der Waals surface area contributed by atoms with Gasteiger partial charge in [-0.05, 0) is 42.1 Å². The van der Waals surface area contributed by atoms with E-state index < -0.39 is 5.82 Å². The summed E-state index contributed by atoms with van der Waals surface area (Å²) in [5.41, 5.74) is 3.05. The molecule has 1 aliphatic rings. The second kappa shape index (κ2) is 8.30. The van der Waals surface area contributed by atoms with Crippen molar-refractivity contribution in [1.29, 1.82) is 0 Å². The number of pyridine rings is 1. The van der Waals surface area contributed by atoms with Gasteiger partial charge in [0, 0.05) is 16.9 Å². The third-order valence-electron chi connectivity index (χ3n) is 4.80. The zero-order valence-corrected chi connectivity index (χ0v) is 17.7. The van der Waals surface area contributed by atoms with Gasteiger partial charge in [-0.1, -0.05) is 53.2 Å². The standard InChI is InChI=1S/C21H16Cl2FN3OS/c1-12-19(29-11-26-12)21(28)27(15-5-2-4-14(22)8-15)10-13-9-25-20(23)18-16(13)6-3-7-17(18)24/h2-9,11-12,19H,10H2,1H3. The molecule has 0 spiro atoms. The molecule has 0 N–H and O–H groups in total. The normalized spacial score (nSPS) is 18.3. The van der Waals surface area contributed by atoms with Crippen molar-refractivity contribution in [3.63, 3.8) is 0 Å². The summed E-state index contributed by atoms with van der Waals surface area (Å²) in [7, 11) is 0. The molecule has 148 valence electrons. The molecule has 29 heavy (non-hydrogen) atoms. The summed E-state index contributed by atoms with van der Waals surface area (Å²) in [6.07, 6.45) is 1.58. The SMILES string of the molecule is CC1N=CSC1C(=O)N(Cc1cnc(Cl)c2c(F)cccc12)c1cccc(Cl)c1. The van der Waals surface area contributed by atoms with Crippen LogP contribution >= 0.6 is 35.0 Å². The second-order valence-electron chi connectivity index (χ2n) is 6.69. The largest absolute Gasteiger partial charge is 0.307 e. The first-order valence-electron chi connectivity index (χ1n) is 8.91. The van der Waals surface area contributed by atoms with Crippen molar-refractivity contribution in [2.45, 2.75) is 24.8 Å². The first kappa shape index (κ1) is 20.1. The van der Waals surface area contributed by atoms with Crippen LogP contribution in [-0.2, 0) is 11.3 Å². The summed E-state index contributed by atoms with van der Waals surface area (Å²) in [6, 6.07) is 11.7. The van der Waals surface area contributed by atoms with E-state index in [2.05, 4.69) is 9.98 Å². The van der Waals surface area contributed by atoms with E-state index in [0.29, 0.717) is 21.7 Å². The quantitative estimate of drug-likeness (QED) is 0.478. The van der Waals surface area contributed by atoms with Crippen molar-refractivity contribution in [2.24, 2.45) is 4.99 Å². The zero-order valence-electron chi connectivity index (χ0n) is 15.3. The molecule has 2 aromatic carbocycles. The first-order valence-corrected chi connectivity index (χ1v) is 10.6. The minimum atomic E-state index is -0.448. The van der Waals surface area contributed by atoms with E-state index >= 15 is 0 Å². The van der Waals surface area contributed by atoms with E-state index in [1.54, 1.807) is 47.0 Å². The molecule has 1 aromatic heterocycles. The molecule has 2 unspecified atom stereocenters. The number of nitrogens with zero attached hydrogens (tertiary/aromatic N) is 3. The Balaban J connectivity index is 1.79. The van der Waals surface area contributed by atoms with Crippen molar-refractivity contribution >= 4 is 62.9 Å². The van der Waals surface area contributed by atoms with Crippen molar-refractivity contribution in [1.82, 2.24) is 4.98 Å². The van der Waals surface area contributed by atoms with Crippen molar-refractivity contribution < 1.29 is 9.18 Å². The summed E-state index contributed by atoms with van der Waals surface area (Å²) in [5.74, 6) is -0.544. The van der Waals surface area contributed by atoms with E-state index in [9.17, 15) is 9.18 Å². The summed E-state index contributed by atoms with van der Waals surface area (Å²) < 4.78 is 14.4. The maximum atomic E-state index is 14.4. The fraction of sp³-hybridized carbons (Fsp3) is 0.190. The molecule has 2 atom stereocenters. The summed E-state index contributed by atoms with van der Waals surface area (Å²) in [6.45, 7) is 2.11. The minimum Gasteiger partial charge on any atom is -0.307 e. The summed E-state index contributed by atoms with van der Waals surface area (Å²) in [4.78, 5) is 23.5. The van der Waals surface area contributed by atoms with Gasteiger partial charge in [0.1, 0.15) is 16.2 Å². The molecule has 1 aliphatic heterocycles. The van der Waals surface area contributed by atoms with Gasteiger partial charge in [0.05, 0.1) is 23.5 Å². The van der Waals surface area contributed by atoms with Crippen LogP contribution in [0.15, 0.2) is 53.7 Å². The van der Waals surface area contributed by atoms with Crippen LogP contribution in [0.2, 0.25) is 10.2 Å². The van der Waals surface area contributed by atoms with Crippen LogP contribution < -0.4 is 4.90 Å². The third-order valence-corrected chi connectivity index (χ3v) is 6.45. The topological polar surface area (TPSA) is 45.6 Å². The lowest BCUT2D eigenvalue weighted by Gasteiger charge is -2.27. The average molecular weight is 448 g/mol. The molecule has 4 rings (SSSR count). The molecule has 1 amide bonds. The highest BCUT2D eigenvalue weighted by atomic mass is 35.5. The van der Waals surface area contributed by atoms with Gasteiger partial charge in [-0.15, -0.1) is 0 Å². The lowest BCUT2D eigenvalue weighted by molar-refractivity contribution is -0.118. The molecule has 0 radical (unpaired) electrons. The smallest absolute Gasteiger partial charge is 0.243 e. The Morgan fingerprint density at radius 3 is 2.76 bits per heavy atom. The Bertz CT molecular complexity index is 1120. The van der Waals surface area contributed by atoms with Crippen LogP contribution in [0, 0.1) is 5.82 Å². The van der Waals surface area contributed by atoms with Crippen molar-refractivity contribution in [3.05, 3.63) is 70.2 Å². The molecule has 0 aliphatic carbocycles. The van der Waals surface area contributed by atoms with Crippen LogP contribution in [0.4, 0.5) is 10.1 Å². The average Bonchev–Trinajstić information content (AvgIpc) is 3.13. The van der Waals surface area contributed by atoms with Crippen LogP contribution in [0.25, 0.3) is 10.8 Å².